The van der Waals surface area contributed by atoms with Crippen LogP contribution in [0.2, 0.25) is 0 Å². The fourth-order valence-corrected chi connectivity index (χ4v) is 0.644. The topological polar surface area (TPSA) is 78.5 Å². The van der Waals surface area contributed by atoms with E-state index in [0.717, 1.165) is 5.69 Å². The fourth-order valence-electron chi connectivity index (χ4n) is 0.644. The van der Waals surface area contributed by atoms with E-state index in [0.29, 0.717) is 5.82 Å². The lowest BCUT2D eigenvalue weighted by atomic mass is 10.1. The van der Waals surface area contributed by atoms with E-state index in [4.69, 9.17) is 11.0 Å². The maximum Gasteiger partial charge on any atom is 0.145 e. The highest BCUT2D eigenvalue weighted by Crippen LogP contribution is 2.11. The van der Waals surface area contributed by atoms with E-state index in [1.54, 1.807) is 13.0 Å². The third-order valence-corrected chi connectivity index (χ3v) is 1.28. The Morgan fingerprint density at radius 3 is 3.00 bits per heavy atom. The summed E-state index contributed by atoms with van der Waals surface area (Å²) in [6.45, 7) is 1.78. The Labute approximate surface area is 58.7 Å². The van der Waals surface area contributed by atoms with Crippen LogP contribution in [-0.2, 0) is 0 Å². The first-order valence-corrected chi connectivity index (χ1v) is 2.94. The molecule has 10 heavy (non-hydrogen) atoms. The number of hydrogen-bond donors (Lipinski definition) is 2. The first-order chi connectivity index (χ1) is 4.74. The minimum Gasteiger partial charge on any atom is -0.382 e. The minimum absolute atomic E-state index is 0.162. The predicted octanol–water partition coefficient (Wildman–Crippen LogP) is 0.619. The van der Waals surface area contributed by atoms with Gasteiger partial charge in [0.15, 0.2) is 0 Å². The van der Waals surface area contributed by atoms with Crippen molar-refractivity contribution in [2.24, 2.45) is 0 Å². The van der Waals surface area contributed by atoms with Crippen LogP contribution in [0.5, 0.6) is 0 Å². The van der Waals surface area contributed by atoms with Crippen molar-refractivity contribution >= 4 is 5.82 Å². The molecule has 0 spiro atoms. The van der Waals surface area contributed by atoms with Crippen molar-refractivity contribution in [2.45, 2.75) is 12.8 Å². The van der Waals surface area contributed by atoms with Gasteiger partial charge in [-0.3, -0.25) is 5.10 Å². The predicted molar refractivity (Wildman–Crippen MR) is 37.0 cm³/mol. The number of rotatable bonds is 1. The van der Waals surface area contributed by atoms with Crippen LogP contribution < -0.4 is 5.73 Å². The summed E-state index contributed by atoms with van der Waals surface area (Å²) in [5.74, 6) is 0.266. The van der Waals surface area contributed by atoms with Crippen LogP contribution in [0.4, 0.5) is 5.82 Å². The summed E-state index contributed by atoms with van der Waals surface area (Å²) >= 11 is 0. The third kappa shape index (κ3) is 1.08. The van der Waals surface area contributed by atoms with Crippen molar-refractivity contribution in [1.29, 1.82) is 5.26 Å². The molecule has 1 heterocycles. The zero-order chi connectivity index (χ0) is 7.56. The summed E-state index contributed by atoms with van der Waals surface area (Å²) in [6, 6.07) is 3.73. The van der Waals surface area contributed by atoms with Gasteiger partial charge < -0.3 is 5.73 Å². The maximum atomic E-state index is 8.46. The van der Waals surface area contributed by atoms with E-state index in [1.165, 1.54) is 0 Å². The van der Waals surface area contributed by atoms with Gasteiger partial charge in [0.05, 0.1) is 17.7 Å². The van der Waals surface area contributed by atoms with E-state index in [1.807, 2.05) is 0 Å². The molecule has 0 amide bonds. The molecule has 1 aromatic heterocycles. The number of hydrogen-bond acceptors (Lipinski definition) is 3. The molecule has 0 aliphatic carbocycles. The zero-order valence-corrected chi connectivity index (χ0v) is 5.63. The molecule has 0 saturated carbocycles. The Kier molecular flexibility index (Phi) is 1.59. The second-order valence-corrected chi connectivity index (χ2v) is 2.10. The Hall–Kier alpha value is -1.50. The van der Waals surface area contributed by atoms with Crippen molar-refractivity contribution in [3.8, 4) is 6.07 Å². The summed E-state index contributed by atoms with van der Waals surface area (Å²) in [6.07, 6.45) is 0. The number of aromatic amines is 1. The van der Waals surface area contributed by atoms with Crippen LogP contribution in [0.1, 0.15) is 18.5 Å². The first-order valence-electron chi connectivity index (χ1n) is 2.94. The molecule has 0 aromatic carbocycles. The lowest BCUT2D eigenvalue weighted by molar-refractivity contribution is 0.895. The zero-order valence-electron chi connectivity index (χ0n) is 5.63. The fraction of sp³-hybridized carbons (Fsp3) is 0.333. The highest BCUT2D eigenvalue weighted by molar-refractivity contribution is 5.31. The first kappa shape index (κ1) is 6.62. The van der Waals surface area contributed by atoms with E-state index in [-0.39, 0.29) is 5.92 Å². The van der Waals surface area contributed by atoms with Crippen LogP contribution in [-0.4, -0.2) is 10.2 Å². The molecule has 0 aliphatic rings. The molecule has 1 rings (SSSR count). The molecule has 0 aliphatic heterocycles. The number of aromatic nitrogens is 2. The van der Waals surface area contributed by atoms with Crippen LogP contribution in [0.3, 0.4) is 0 Å². The van der Waals surface area contributed by atoms with Crippen molar-refractivity contribution in [3.63, 3.8) is 0 Å². The molecule has 0 fully saturated rings. The molecule has 4 heteroatoms. The summed E-state index contributed by atoms with van der Waals surface area (Å²) in [7, 11) is 0. The highest BCUT2D eigenvalue weighted by atomic mass is 15.2. The van der Waals surface area contributed by atoms with Crippen LogP contribution in [0.15, 0.2) is 6.07 Å². The second kappa shape index (κ2) is 2.40. The number of nitrogens with zero attached hydrogens (tertiary/aromatic N) is 2. The van der Waals surface area contributed by atoms with Gasteiger partial charge in [0.2, 0.25) is 0 Å². The minimum atomic E-state index is -0.162. The normalized spacial score (nSPS) is 12.4. The molecular formula is C6H8N4. The van der Waals surface area contributed by atoms with E-state index >= 15 is 0 Å². The molecule has 1 aromatic rings. The van der Waals surface area contributed by atoms with Gasteiger partial charge in [-0.15, -0.1) is 0 Å². The Bertz CT molecular complexity index is 257. The summed E-state index contributed by atoms with van der Waals surface area (Å²) in [5, 5.41) is 14.8. The number of nitrogens with one attached hydrogen (secondary N) is 1. The Balaban J connectivity index is 2.87. The quantitative estimate of drug-likeness (QED) is 0.594. The smallest absolute Gasteiger partial charge is 0.145 e. The average molecular weight is 136 g/mol. The van der Waals surface area contributed by atoms with Gasteiger partial charge in [-0.05, 0) is 6.92 Å². The number of nitrogen functional groups attached to an aromatic ring is 1. The average Bonchev–Trinajstić information content (AvgIpc) is 2.34. The number of nitriles is 1. The molecule has 0 saturated heterocycles. The molecule has 1 atom stereocenters. The van der Waals surface area contributed by atoms with Gasteiger partial charge in [0.1, 0.15) is 5.82 Å². The van der Waals surface area contributed by atoms with Crippen molar-refractivity contribution in [2.75, 3.05) is 5.73 Å². The van der Waals surface area contributed by atoms with Gasteiger partial charge in [-0.1, -0.05) is 0 Å². The van der Waals surface area contributed by atoms with Crippen LogP contribution in [0, 0.1) is 11.3 Å². The Morgan fingerprint density at radius 2 is 2.60 bits per heavy atom. The summed E-state index contributed by atoms with van der Waals surface area (Å²) < 4.78 is 0. The molecule has 4 nitrogen and oxygen atoms in total. The standard InChI is InChI=1S/C6H8N4/c1-4(3-7)5-2-6(8)10-9-5/h2,4H,1H3,(H3,8,9,10). The van der Waals surface area contributed by atoms with Gasteiger partial charge in [-0.25, -0.2) is 0 Å². The van der Waals surface area contributed by atoms with Crippen LogP contribution in [0.25, 0.3) is 0 Å². The van der Waals surface area contributed by atoms with Gasteiger partial charge in [-0.2, -0.15) is 10.4 Å². The third-order valence-electron chi connectivity index (χ3n) is 1.28. The number of nitrogens with two attached hydrogens (primary N) is 1. The van der Waals surface area contributed by atoms with E-state index < -0.39 is 0 Å². The Morgan fingerprint density at radius 1 is 1.90 bits per heavy atom. The largest absolute Gasteiger partial charge is 0.382 e. The highest BCUT2D eigenvalue weighted by Gasteiger charge is 2.05. The molecular weight excluding hydrogens is 128 g/mol. The summed E-state index contributed by atoms with van der Waals surface area (Å²) in [5.41, 5.74) is 6.08. The van der Waals surface area contributed by atoms with Gasteiger partial charge in [0, 0.05) is 6.07 Å². The SMILES string of the molecule is CC(C#N)c1cc(N)n[nH]1. The summed E-state index contributed by atoms with van der Waals surface area (Å²) in [4.78, 5) is 0. The number of H-pyrrole nitrogens is 1. The molecule has 1 unspecified atom stereocenters. The number of anilines is 1. The molecule has 0 radical (unpaired) electrons. The van der Waals surface area contributed by atoms with Crippen LogP contribution >= 0.6 is 0 Å². The second-order valence-electron chi connectivity index (χ2n) is 2.10. The lowest BCUT2D eigenvalue weighted by Gasteiger charge is -1.92. The van der Waals surface area contributed by atoms with E-state index in [9.17, 15) is 0 Å². The molecule has 0 bridgehead atoms. The van der Waals surface area contributed by atoms with E-state index in [2.05, 4.69) is 16.3 Å². The van der Waals surface area contributed by atoms with Gasteiger partial charge in [0.25, 0.3) is 0 Å². The van der Waals surface area contributed by atoms with Crippen molar-refractivity contribution in [1.82, 2.24) is 10.2 Å². The molecule has 3 N–H and O–H groups in total. The lowest BCUT2D eigenvalue weighted by Crippen LogP contribution is -1.88. The molecule has 52 valence electrons. The maximum absolute atomic E-state index is 8.46. The monoisotopic (exact) mass is 136 g/mol. The van der Waals surface area contributed by atoms with Crippen molar-refractivity contribution in [3.05, 3.63) is 11.8 Å². The van der Waals surface area contributed by atoms with Crippen molar-refractivity contribution < 1.29 is 0 Å². The van der Waals surface area contributed by atoms with Gasteiger partial charge >= 0.3 is 0 Å².